The molecule has 0 aliphatic carbocycles. The molecule has 0 bridgehead atoms. The van der Waals surface area contributed by atoms with Crippen molar-refractivity contribution < 1.29 is 0 Å². The number of hydrogen-bond acceptors (Lipinski definition) is 0. The topological polar surface area (TPSA) is 0 Å². The van der Waals surface area contributed by atoms with E-state index in [1.54, 1.807) is 0 Å². The lowest BCUT2D eigenvalue weighted by molar-refractivity contribution is 0.663. The van der Waals surface area contributed by atoms with Crippen LogP contribution < -0.4 is 0 Å². The van der Waals surface area contributed by atoms with Gasteiger partial charge in [-0.3, -0.25) is 0 Å². The van der Waals surface area contributed by atoms with Gasteiger partial charge in [0.15, 0.2) is 3.96 Å². The molecule has 6 heteroatoms. The SMILES string of the molecule is CC(C)C(Cl)(Cl)[Si](Cl)(Cl)Cl. The van der Waals surface area contributed by atoms with Crippen LogP contribution >= 0.6 is 56.4 Å². The van der Waals surface area contributed by atoms with Crippen LogP contribution in [0.5, 0.6) is 0 Å². The average molecular weight is 260 g/mol. The molecule has 0 aromatic rings. The Morgan fingerprint density at radius 2 is 1.40 bits per heavy atom. The fourth-order valence-electron chi connectivity index (χ4n) is 0.327. The van der Waals surface area contributed by atoms with Gasteiger partial charge in [0.2, 0.25) is 0 Å². The molecule has 0 saturated carbocycles. The van der Waals surface area contributed by atoms with Crippen LogP contribution in [0.3, 0.4) is 0 Å². The zero-order valence-electron chi connectivity index (χ0n) is 5.47. The molecular weight excluding hydrogens is 253 g/mol. The highest BCUT2D eigenvalue weighted by atomic mass is 35.8. The quantitative estimate of drug-likeness (QED) is 0.400. The van der Waals surface area contributed by atoms with E-state index in [1.165, 1.54) is 0 Å². The van der Waals surface area contributed by atoms with Crippen molar-refractivity contribution in [2.24, 2.45) is 5.92 Å². The summed E-state index contributed by atoms with van der Waals surface area (Å²) in [6.07, 6.45) is 0. The van der Waals surface area contributed by atoms with Crippen molar-refractivity contribution in [1.29, 1.82) is 0 Å². The van der Waals surface area contributed by atoms with Crippen LogP contribution in [0.2, 0.25) is 0 Å². The van der Waals surface area contributed by atoms with Gasteiger partial charge in [-0.15, -0.1) is 56.4 Å². The summed E-state index contributed by atoms with van der Waals surface area (Å²) < 4.78 is -1.18. The average Bonchev–Trinajstić information content (AvgIpc) is 1.62. The van der Waals surface area contributed by atoms with Crippen molar-refractivity contribution in [1.82, 2.24) is 0 Å². The molecule has 0 rings (SSSR count). The van der Waals surface area contributed by atoms with E-state index in [0.29, 0.717) is 0 Å². The van der Waals surface area contributed by atoms with E-state index in [1.807, 2.05) is 13.8 Å². The third-order valence-electron chi connectivity index (χ3n) is 1.10. The second-order valence-corrected chi connectivity index (χ2v) is 12.9. The Morgan fingerprint density at radius 1 is 1.10 bits per heavy atom. The van der Waals surface area contributed by atoms with Gasteiger partial charge in [-0.05, 0) is 5.92 Å². The predicted molar refractivity (Wildman–Crippen MR) is 52.6 cm³/mol. The zero-order chi connectivity index (χ0) is 8.58. The van der Waals surface area contributed by atoms with Gasteiger partial charge in [0.1, 0.15) is 0 Å². The number of halogens is 5. The lowest BCUT2D eigenvalue weighted by atomic mass is 10.3. The lowest BCUT2D eigenvalue weighted by Gasteiger charge is -2.28. The number of alkyl halides is 2. The summed E-state index contributed by atoms with van der Waals surface area (Å²) >= 11 is 28.4. The molecule has 0 saturated heterocycles. The fraction of sp³-hybridized carbons (Fsp3) is 1.00. The van der Waals surface area contributed by atoms with E-state index in [-0.39, 0.29) is 5.92 Å². The van der Waals surface area contributed by atoms with Crippen molar-refractivity contribution in [3.05, 3.63) is 0 Å². The molecule has 0 heterocycles. The smallest absolute Gasteiger partial charge is 0.123 e. The first-order valence-electron chi connectivity index (χ1n) is 2.64. The Hall–Kier alpha value is 1.67. The van der Waals surface area contributed by atoms with Gasteiger partial charge in [-0.1, -0.05) is 13.8 Å². The van der Waals surface area contributed by atoms with Crippen molar-refractivity contribution in [3.8, 4) is 0 Å². The summed E-state index contributed by atoms with van der Waals surface area (Å²) in [6.45, 7) is 3.63. The Bertz CT molecular complexity index is 115. The van der Waals surface area contributed by atoms with Gasteiger partial charge in [-0.2, -0.15) is 0 Å². The van der Waals surface area contributed by atoms with Crippen LogP contribution in [-0.4, -0.2) is 9.96 Å². The molecule has 0 amide bonds. The molecular formula is C4H7Cl5Si. The highest BCUT2D eigenvalue weighted by Gasteiger charge is 2.51. The van der Waals surface area contributed by atoms with E-state index in [9.17, 15) is 0 Å². The second-order valence-electron chi connectivity index (χ2n) is 2.28. The summed E-state index contributed by atoms with van der Waals surface area (Å²) in [4.78, 5) is 0. The summed E-state index contributed by atoms with van der Waals surface area (Å²) in [5.41, 5.74) is 0. The molecule has 0 aliphatic heterocycles. The first-order chi connectivity index (χ1) is 4.19. The molecule has 0 aromatic carbocycles. The third kappa shape index (κ3) is 2.61. The minimum atomic E-state index is -3.00. The van der Waals surface area contributed by atoms with E-state index in [4.69, 9.17) is 56.4 Å². The standard InChI is InChI=1S/C4H7Cl5Si/c1-3(2)4(5,6)10(7,8)9/h3H,1-2H3. The maximum Gasteiger partial charge on any atom is 0.376 e. The molecule has 0 radical (unpaired) electrons. The van der Waals surface area contributed by atoms with Crippen LogP contribution in [0, 0.1) is 5.92 Å². The molecule has 0 spiro atoms. The second kappa shape index (κ2) is 3.59. The van der Waals surface area contributed by atoms with E-state index >= 15 is 0 Å². The first kappa shape index (κ1) is 11.7. The molecule has 0 nitrogen and oxygen atoms in total. The van der Waals surface area contributed by atoms with Crippen LogP contribution in [-0.2, 0) is 0 Å². The molecule has 0 aliphatic rings. The molecule has 0 unspecified atom stereocenters. The van der Waals surface area contributed by atoms with Gasteiger partial charge in [-0.25, -0.2) is 0 Å². The Kier molecular flexibility index (Phi) is 4.19. The molecule has 0 atom stereocenters. The van der Waals surface area contributed by atoms with Gasteiger partial charge in [0, 0.05) is 0 Å². The predicted octanol–water partition coefficient (Wildman–Crippen LogP) is 4.01. The monoisotopic (exact) mass is 258 g/mol. The Balaban J connectivity index is 4.40. The van der Waals surface area contributed by atoms with Crippen molar-refractivity contribution >= 4 is 62.4 Å². The van der Waals surface area contributed by atoms with Crippen molar-refractivity contribution in [3.63, 3.8) is 0 Å². The minimum Gasteiger partial charge on any atom is -0.123 e. The van der Waals surface area contributed by atoms with E-state index in [2.05, 4.69) is 0 Å². The van der Waals surface area contributed by atoms with Gasteiger partial charge in [0.25, 0.3) is 0 Å². The molecule has 62 valence electrons. The largest absolute Gasteiger partial charge is 0.376 e. The summed E-state index contributed by atoms with van der Waals surface area (Å²) in [7, 11) is 0. The highest BCUT2D eigenvalue weighted by molar-refractivity contribution is 7.68. The zero-order valence-corrected chi connectivity index (χ0v) is 10.2. The Morgan fingerprint density at radius 3 is 1.40 bits per heavy atom. The number of rotatable bonds is 2. The fourth-order valence-corrected chi connectivity index (χ4v) is 2.95. The van der Waals surface area contributed by atoms with E-state index in [0.717, 1.165) is 0 Å². The number of hydrogen-bond donors (Lipinski definition) is 0. The van der Waals surface area contributed by atoms with Crippen LogP contribution in [0.25, 0.3) is 0 Å². The maximum atomic E-state index is 5.78. The van der Waals surface area contributed by atoms with Gasteiger partial charge in [0.05, 0.1) is 0 Å². The summed E-state index contributed by atoms with van der Waals surface area (Å²) in [5, 5.41) is 0. The van der Waals surface area contributed by atoms with Gasteiger partial charge >= 0.3 is 6.00 Å². The Labute approximate surface area is 85.8 Å². The minimum absolute atomic E-state index is 0.0463. The van der Waals surface area contributed by atoms with Crippen molar-refractivity contribution in [2.75, 3.05) is 0 Å². The first-order valence-corrected chi connectivity index (χ1v) is 8.43. The van der Waals surface area contributed by atoms with Crippen molar-refractivity contribution in [2.45, 2.75) is 17.8 Å². The maximum absolute atomic E-state index is 5.78. The molecule has 0 N–H and O–H groups in total. The third-order valence-corrected chi connectivity index (χ3v) is 9.43. The van der Waals surface area contributed by atoms with Crippen LogP contribution in [0.4, 0.5) is 0 Å². The highest BCUT2D eigenvalue weighted by Crippen LogP contribution is 2.46. The van der Waals surface area contributed by atoms with Crippen LogP contribution in [0.15, 0.2) is 0 Å². The van der Waals surface area contributed by atoms with Crippen LogP contribution in [0.1, 0.15) is 13.8 Å². The molecule has 0 fully saturated rings. The summed E-state index contributed by atoms with van der Waals surface area (Å²) in [6, 6.07) is -3.00. The molecule has 10 heavy (non-hydrogen) atoms. The lowest BCUT2D eigenvalue weighted by Crippen LogP contribution is -2.41. The summed E-state index contributed by atoms with van der Waals surface area (Å²) in [5.74, 6) is -0.0463. The normalized spacial score (nSPS) is 14.4. The molecule has 0 aromatic heterocycles. The van der Waals surface area contributed by atoms with Gasteiger partial charge < -0.3 is 0 Å². The van der Waals surface area contributed by atoms with E-state index < -0.39 is 9.96 Å².